The summed E-state index contributed by atoms with van der Waals surface area (Å²) in [5, 5.41) is 29.8. The third-order valence-corrected chi connectivity index (χ3v) is 6.83. The van der Waals surface area contributed by atoms with Gasteiger partial charge in [-0.1, -0.05) is 48.5 Å². The lowest BCUT2D eigenvalue weighted by Gasteiger charge is -2.17. The molecule has 0 unspecified atom stereocenters. The topological polar surface area (TPSA) is 154 Å². The van der Waals surface area contributed by atoms with Crippen LogP contribution in [-0.2, 0) is 11.3 Å². The molecule has 0 saturated carbocycles. The molecule has 4 rings (SSSR count). The van der Waals surface area contributed by atoms with Gasteiger partial charge in [0.25, 0.3) is 11.8 Å². The molecule has 0 aliphatic carbocycles. The third-order valence-electron chi connectivity index (χ3n) is 5.96. The summed E-state index contributed by atoms with van der Waals surface area (Å²) in [5.74, 6) is -1.88. The van der Waals surface area contributed by atoms with E-state index in [9.17, 15) is 24.6 Å². The van der Waals surface area contributed by atoms with Crippen molar-refractivity contribution in [2.75, 3.05) is 11.9 Å². The first-order valence-electron chi connectivity index (χ1n) is 12.1. The highest BCUT2D eigenvalue weighted by atomic mass is 32.1. The molecule has 0 fully saturated rings. The fourth-order valence-electron chi connectivity index (χ4n) is 4.06. The number of carboxylic acid groups (broad SMARTS) is 1. The fourth-order valence-corrected chi connectivity index (χ4v) is 4.70. The van der Waals surface area contributed by atoms with Gasteiger partial charge in [0.1, 0.15) is 11.8 Å². The molecule has 0 radical (unpaired) electrons. The van der Waals surface area contributed by atoms with Crippen molar-refractivity contribution in [3.63, 3.8) is 0 Å². The van der Waals surface area contributed by atoms with Crippen LogP contribution in [0.5, 0.6) is 5.75 Å². The van der Waals surface area contributed by atoms with Gasteiger partial charge in [0.15, 0.2) is 0 Å². The first-order chi connectivity index (χ1) is 18.7. The summed E-state index contributed by atoms with van der Waals surface area (Å²) in [6, 6.07) is 16.7. The van der Waals surface area contributed by atoms with Crippen LogP contribution < -0.4 is 16.0 Å². The van der Waals surface area contributed by atoms with E-state index in [1.165, 1.54) is 11.3 Å². The van der Waals surface area contributed by atoms with Gasteiger partial charge in [-0.25, -0.2) is 14.8 Å². The number of para-hydroxylation sites is 1. The van der Waals surface area contributed by atoms with Crippen molar-refractivity contribution in [3.05, 3.63) is 93.4 Å². The number of carboxylic acids is 1. The number of carbonyl (C=O) groups excluding carboxylic acids is 2. The molecule has 0 aliphatic heterocycles. The number of aryl methyl sites for hydroxylation is 2. The van der Waals surface area contributed by atoms with Gasteiger partial charge in [0.05, 0.1) is 21.8 Å². The Morgan fingerprint density at radius 1 is 0.897 bits per heavy atom. The fraction of sp³-hybridized carbons (Fsp3) is 0.179. The second-order valence-corrected chi connectivity index (χ2v) is 9.62. The van der Waals surface area contributed by atoms with Crippen LogP contribution in [0.3, 0.4) is 0 Å². The molecule has 2 aromatic heterocycles. The summed E-state index contributed by atoms with van der Waals surface area (Å²) in [6.45, 7) is 3.35. The van der Waals surface area contributed by atoms with Crippen molar-refractivity contribution in [1.82, 2.24) is 20.6 Å². The number of aliphatic carboxylic acids is 1. The molecule has 1 atom stereocenters. The van der Waals surface area contributed by atoms with E-state index >= 15 is 0 Å². The molecule has 2 heterocycles. The Hall–Kier alpha value is -4.77. The van der Waals surface area contributed by atoms with Crippen LogP contribution in [0.25, 0.3) is 11.1 Å². The zero-order chi connectivity index (χ0) is 27.9. The van der Waals surface area contributed by atoms with E-state index in [1.807, 2.05) is 36.4 Å². The quantitative estimate of drug-likeness (QED) is 0.202. The van der Waals surface area contributed by atoms with Crippen molar-refractivity contribution < 1.29 is 24.6 Å². The minimum atomic E-state index is -1.34. The van der Waals surface area contributed by atoms with Crippen LogP contribution in [0.1, 0.15) is 37.0 Å². The first kappa shape index (κ1) is 27.3. The maximum Gasteiger partial charge on any atom is 0.328 e. The summed E-state index contributed by atoms with van der Waals surface area (Å²) in [7, 11) is 0. The van der Waals surface area contributed by atoms with Crippen LogP contribution in [0, 0.1) is 13.8 Å². The number of anilines is 1. The van der Waals surface area contributed by atoms with Gasteiger partial charge in [-0.15, -0.1) is 11.3 Å². The largest absolute Gasteiger partial charge is 0.507 e. The van der Waals surface area contributed by atoms with Crippen LogP contribution in [0.2, 0.25) is 0 Å². The Morgan fingerprint density at radius 2 is 1.56 bits per heavy atom. The second-order valence-electron chi connectivity index (χ2n) is 8.67. The van der Waals surface area contributed by atoms with Gasteiger partial charge in [0.2, 0.25) is 5.95 Å². The number of nitrogens with zero attached hydrogens (tertiary/aromatic N) is 2. The van der Waals surface area contributed by atoms with Crippen molar-refractivity contribution in [2.24, 2.45) is 0 Å². The Kier molecular flexibility index (Phi) is 8.52. The van der Waals surface area contributed by atoms with Crippen molar-refractivity contribution in [1.29, 1.82) is 0 Å². The molecule has 5 N–H and O–H groups in total. The van der Waals surface area contributed by atoms with E-state index in [-0.39, 0.29) is 17.9 Å². The molecule has 200 valence electrons. The zero-order valence-electron chi connectivity index (χ0n) is 21.3. The van der Waals surface area contributed by atoms with E-state index in [0.29, 0.717) is 34.3 Å². The number of hydrogen-bond acceptors (Lipinski definition) is 8. The highest BCUT2D eigenvalue weighted by molar-refractivity contribution is 7.12. The van der Waals surface area contributed by atoms with Crippen molar-refractivity contribution in [3.8, 4) is 16.9 Å². The summed E-state index contributed by atoms with van der Waals surface area (Å²) >= 11 is 1.23. The molecule has 11 heteroatoms. The minimum Gasteiger partial charge on any atom is -0.507 e. The monoisotopic (exact) mass is 545 g/mol. The first-order valence-corrected chi connectivity index (χ1v) is 12.9. The number of rotatable bonds is 10. The van der Waals surface area contributed by atoms with Crippen LogP contribution >= 0.6 is 11.3 Å². The average molecular weight is 546 g/mol. The van der Waals surface area contributed by atoms with Crippen LogP contribution in [0.4, 0.5) is 5.95 Å². The molecule has 0 aliphatic rings. The van der Waals surface area contributed by atoms with E-state index in [2.05, 4.69) is 25.9 Å². The molecular formula is C28H27N5O5S. The van der Waals surface area contributed by atoms with E-state index < -0.39 is 23.8 Å². The lowest BCUT2D eigenvalue weighted by molar-refractivity contribution is -0.139. The smallest absolute Gasteiger partial charge is 0.328 e. The van der Waals surface area contributed by atoms with Gasteiger partial charge in [-0.2, -0.15) is 0 Å². The SMILES string of the molecule is Cc1nc(NCc2ccccc2-c2ccccc2O)nc(C)c1C(=O)N[C@@H](CNC(=O)c1cccs1)C(=O)O. The predicted molar refractivity (Wildman–Crippen MR) is 148 cm³/mol. The lowest BCUT2D eigenvalue weighted by atomic mass is 9.99. The lowest BCUT2D eigenvalue weighted by Crippen LogP contribution is -2.48. The summed E-state index contributed by atoms with van der Waals surface area (Å²) < 4.78 is 0. The van der Waals surface area contributed by atoms with Gasteiger partial charge in [0, 0.05) is 18.7 Å². The third kappa shape index (κ3) is 6.57. The number of nitrogens with one attached hydrogen (secondary N) is 3. The molecular weight excluding hydrogens is 518 g/mol. The molecule has 4 aromatic rings. The molecule has 0 spiro atoms. The molecule has 2 amide bonds. The van der Waals surface area contributed by atoms with Gasteiger partial charge in [-0.3, -0.25) is 9.59 Å². The molecule has 10 nitrogen and oxygen atoms in total. The molecule has 0 bridgehead atoms. The van der Waals surface area contributed by atoms with Crippen LogP contribution in [0.15, 0.2) is 66.0 Å². The Morgan fingerprint density at radius 3 is 2.21 bits per heavy atom. The predicted octanol–water partition coefficient (Wildman–Crippen LogP) is 3.75. The number of amides is 2. The number of phenolic OH excluding ortho intramolecular Hbond substituents is 1. The minimum absolute atomic E-state index is 0.158. The molecule has 39 heavy (non-hydrogen) atoms. The number of hydrogen-bond donors (Lipinski definition) is 5. The van der Waals surface area contributed by atoms with E-state index in [0.717, 1.165) is 11.1 Å². The number of benzene rings is 2. The zero-order valence-corrected chi connectivity index (χ0v) is 22.1. The number of carbonyl (C=O) groups is 3. The maximum absolute atomic E-state index is 13.0. The summed E-state index contributed by atoms with van der Waals surface area (Å²) in [6.07, 6.45) is 0. The van der Waals surface area contributed by atoms with Crippen molar-refractivity contribution in [2.45, 2.75) is 26.4 Å². The number of aromatic nitrogens is 2. The van der Waals surface area contributed by atoms with Gasteiger partial charge < -0.3 is 26.2 Å². The number of thiophene rings is 1. The summed E-state index contributed by atoms with van der Waals surface area (Å²) in [5.41, 5.74) is 3.36. The highest BCUT2D eigenvalue weighted by Crippen LogP contribution is 2.31. The van der Waals surface area contributed by atoms with E-state index in [1.54, 1.807) is 43.5 Å². The molecule has 0 saturated heterocycles. The van der Waals surface area contributed by atoms with Crippen LogP contribution in [-0.4, -0.2) is 50.6 Å². The second kappa shape index (κ2) is 12.2. The number of aromatic hydroxyl groups is 1. The highest BCUT2D eigenvalue weighted by Gasteiger charge is 2.25. The average Bonchev–Trinajstić information content (AvgIpc) is 3.45. The normalized spacial score (nSPS) is 11.4. The van der Waals surface area contributed by atoms with Gasteiger partial charge in [-0.05, 0) is 42.5 Å². The Labute approximate surface area is 228 Å². The molecule has 2 aromatic carbocycles. The Bertz CT molecular complexity index is 1480. The summed E-state index contributed by atoms with van der Waals surface area (Å²) in [4.78, 5) is 46.1. The van der Waals surface area contributed by atoms with Crippen molar-refractivity contribution >= 4 is 35.1 Å². The number of phenols is 1. The van der Waals surface area contributed by atoms with E-state index in [4.69, 9.17) is 0 Å². The Balaban J connectivity index is 1.45. The van der Waals surface area contributed by atoms with Gasteiger partial charge >= 0.3 is 5.97 Å². The standard InChI is InChI=1S/C28H27N5O5S/c1-16-24(26(36)33-21(27(37)38)15-29-25(35)23-12-7-13-39-23)17(2)32-28(31-16)30-14-18-8-3-4-9-19(18)20-10-5-6-11-22(20)34/h3-13,21,34H,14-15H2,1-2H3,(H,29,35)(H,33,36)(H,37,38)(H,30,31,32)/t21-/m0/s1. The maximum atomic E-state index is 13.0.